The van der Waals surface area contributed by atoms with E-state index in [0.717, 1.165) is 30.3 Å². The van der Waals surface area contributed by atoms with Gasteiger partial charge in [0.2, 0.25) is 23.8 Å². The molecule has 0 saturated carbocycles. The zero-order valence-corrected chi connectivity index (χ0v) is 57.3. The molecule has 0 radical (unpaired) electrons. The number of hydrogen-bond acceptors (Lipinski definition) is 24. The van der Waals surface area contributed by atoms with E-state index in [1.54, 1.807) is 82.3 Å². The molecule has 0 saturated heterocycles. The van der Waals surface area contributed by atoms with Gasteiger partial charge in [-0.25, -0.2) is 81.0 Å². The Morgan fingerprint density at radius 2 is 0.720 bits per heavy atom. The molecule has 0 fully saturated rings. The van der Waals surface area contributed by atoms with Crippen molar-refractivity contribution in [3.05, 3.63) is 256 Å². The summed E-state index contributed by atoms with van der Waals surface area (Å²) in [6.07, 6.45) is -8.72. The maximum absolute atomic E-state index is 14.1. The number of cyclic esters (lactones) is 4. The number of nitrogen functional groups attached to an aromatic ring is 4. The highest BCUT2D eigenvalue weighted by Crippen LogP contribution is 2.45. The molecule has 8 aromatic heterocycles. The van der Waals surface area contributed by atoms with Crippen LogP contribution in [-0.4, -0.2) is 63.7 Å². The number of esters is 4. The van der Waals surface area contributed by atoms with Crippen molar-refractivity contribution in [1.29, 1.82) is 0 Å². The molecule has 0 aliphatic carbocycles. The minimum Gasteiger partial charge on any atom is -0.460 e. The maximum Gasteiger partial charge on any atom is 0.416 e. The van der Waals surface area contributed by atoms with E-state index in [-0.39, 0.29) is 133 Å². The van der Waals surface area contributed by atoms with Crippen LogP contribution in [0.2, 0.25) is 10.0 Å². The summed E-state index contributed by atoms with van der Waals surface area (Å²) in [5.41, 5.74) is 24.5. The number of benzene rings is 4. The Bertz CT molecular complexity index is 5390. The van der Waals surface area contributed by atoms with E-state index in [1.807, 2.05) is 0 Å². The molecular formula is C73H52Cl2F8N12O12. The van der Waals surface area contributed by atoms with Crippen molar-refractivity contribution in [2.24, 2.45) is 0 Å². The maximum atomic E-state index is 14.1. The lowest BCUT2D eigenvalue weighted by Gasteiger charge is -2.16. The minimum atomic E-state index is -4.77. The number of fused-ring (bicyclic) bond motifs is 4. The molecular weight excluding hydrogens is 1460 g/mol. The highest BCUT2D eigenvalue weighted by Gasteiger charge is 2.44. The molecule has 4 atom stereocenters. The van der Waals surface area contributed by atoms with Crippen molar-refractivity contribution in [3.63, 3.8) is 0 Å². The first-order valence-corrected chi connectivity index (χ1v) is 32.6. The predicted molar refractivity (Wildman–Crippen MR) is 364 cm³/mol. The van der Waals surface area contributed by atoms with Gasteiger partial charge in [-0.1, -0.05) is 35.3 Å². The summed E-state index contributed by atoms with van der Waals surface area (Å²) < 4.78 is 152. The summed E-state index contributed by atoms with van der Waals surface area (Å²) in [5.74, 6) is -2.22. The van der Waals surface area contributed by atoms with E-state index >= 15 is 0 Å². The number of carbonyl (C=O) groups is 4. The summed E-state index contributed by atoms with van der Waals surface area (Å²) in [7, 11) is 0. The van der Waals surface area contributed by atoms with E-state index in [1.165, 1.54) is 30.3 Å². The fraction of sp³-hybridized carbons (Fsp3) is 0.178. The van der Waals surface area contributed by atoms with E-state index in [9.17, 15) is 54.3 Å². The molecule has 24 nitrogen and oxygen atoms in total. The van der Waals surface area contributed by atoms with Crippen molar-refractivity contribution in [2.75, 3.05) is 22.9 Å². The number of hydrogen-bond donors (Lipinski definition) is 4. The lowest BCUT2D eigenvalue weighted by molar-refractivity contribution is -0.138. The van der Waals surface area contributed by atoms with Crippen molar-refractivity contribution in [2.45, 2.75) is 84.0 Å². The molecule has 546 valence electrons. The Hall–Kier alpha value is -12.6. The van der Waals surface area contributed by atoms with Crippen LogP contribution in [0.15, 0.2) is 139 Å². The lowest BCUT2D eigenvalue weighted by Crippen LogP contribution is -2.13. The van der Waals surface area contributed by atoms with Gasteiger partial charge in [0, 0.05) is 41.3 Å². The quantitative estimate of drug-likeness (QED) is 0.0501. The largest absolute Gasteiger partial charge is 0.460 e. The second kappa shape index (κ2) is 29.2. The number of ether oxygens (including phenoxy) is 4. The summed E-state index contributed by atoms with van der Waals surface area (Å²) in [4.78, 5) is 82.5. The Kier molecular flexibility index (Phi) is 19.8. The van der Waals surface area contributed by atoms with Crippen LogP contribution in [-0.2, 0) is 50.8 Å². The van der Waals surface area contributed by atoms with Gasteiger partial charge in [0.15, 0.2) is 23.0 Å². The first-order valence-electron chi connectivity index (χ1n) is 31.9. The zero-order valence-electron chi connectivity index (χ0n) is 55.8. The molecule has 107 heavy (non-hydrogen) atoms. The molecule has 16 rings (SSSR count). The lowest BCUT2D eigenvalue weighted by atomic mass is 9.98. The van der Waals surface area contributed by atoms with Gasteiger partial charge in [-0.2, -0.15) is 13.2 Å². The number of anilines is 4. The number of halogens is 10. The molecule has 4 aliphatic rings. The van der Waals surface area contributed by atoms with Crippen LogP contribution in [0, 0.1) is 56.8 Å². The Morgan fingerprint density at radius 3 is 1.07 bits per heavy atom. The average molecular weight is 1510 g/mol. The highest BCUT2D eigenvalue weighted by molar-refractivity contribution is 6.31. The summed E-state index contributed by atoms with van der Waals surface area (Å²) in [5, 5.41) is 0.637. The van der Waals surface area contributed by atoms with Gasteiger partial charge in [0.25, 0.3) is 0 Å². The van der Waals surface area contributed by atoms with Crippen LogP contribution in [0.4, 0.5) is 58.9 Å². The van der Waals surface area contributed by atoms with Gasteiger partial charge in [0.1, 0.15) is 144 Å². The van der Waals surface area contributed by atoms with Crippen molar-refractivity contribution >= 4 is 70.9 Å². The monoisotopic (exact) mass is 1510 g/mol. The van der Waals surface area contributed by atoms with Gasteiger partial charge >= 0.3 is 30.1 Å². The van der Waals surface area contributed by atoms with Crippen LogP contribution in [0.5, 0.6) is 0 Å². The SMILES string of the molecule is Cc1ccc(-c2nc(N)nc3c2C(=O)OC3Cc2c(F)cccc2Cl)o1.Cc1ccc(-c2nc(N)nc3c2C(=O)OC3Cc2cc(Cl)ccc2F)o1.Cc1ccc(-c2nc(N)nc3c2C(=O)OC3Cc2cc(F)ccc2F)o1.Cc1ccc(-c2nc(N)nc3c2C(=O)OC3Cc2ccc(F)cc2C(F)(F)F)o1. The van der Waals surface area contributed by atoms with Crippen LogP contribution in [0.1, 0.15) is 139 Å². The number of rotatable bonds is 12. The molecule has 34 heteroatoms. The molecule has 8 N–H and O–H groups in total. The molecule has 0 bridgehead atoms. The second-order valence-corrected chi connectivity index (χ2v) is 25.1. The third-order valence-corrected chi connectivity index (χ3v) is 17.4. The summed E-state index contributed by atoms with van der Waals surface area (Å²) in [6, 6.07) is 27.5. The molecule has 4 aliphatic heterocycles. The molecule has 4 unspecified atom stereocenters. The van der Waals surface area contributed by atoms with Crippen molar-refractivity contribution in [1.82, 2.24) is 39.9 Å². The molecule has 4 aromatic carbocycles. The van der Waals surface area contributed by atoms with Crippen molar-refractivity contribution < 1.29 is 90.9 Å². The number of furan rings is 4. The molecule has 12 aromatic rings. The smallest absolute Gasteiger partial charge is 0.416 e. The summed E-state index contributed by atoms with van der Waals surface area (Å²) in [6.45, 7) is 7.00. The Balaban J connectivity index is 0.000000126. The number of carbonyl (C=O) groups excluding carboxylic acids is 4. The second-order valence-electron chi connectivity index (χ2n) is 24.3. The van der Waals surface area contributed by atoms with Crippen LogP contribution < -0.4 is 22.9 Å². The molecule has 0 amide bonds. The Morgan fingerprint density at radius 1 is 0.383 bits per heavy atom. The van der Waals surface area contributed by atoms with E-state index in [2.05, 4.69) is 39.9 Å². The number of aromatic nitrogens is 8. The number of nitrogens with zero attached hydrogens (tertiary/aromatic N) is 8. The van der Waals surface area contributed by atoms with Crippen LogP contribution in [0.3, 0.4) is 0 Å². The predicted octanol–water partition coefficient (Wildman–Crippen LogP) is 15.3. The molecule has 0 spiro atoms. The highest BCUT2D eigenvalue weighted by atomic mass is 35.5. The number of aryl methyl sites for hydroxylation is 4. The summed E-state index contributed by atoms with van der Waals surface area (Å²) >= 11 is 12.0. The Labute approximate surface area is 608 Å². The fourth-order valence-corrected chi connectivity index (χ4v) is 12.5. The van der Waals surface area contributed by atoms with Gasteiger partial charge < -0.3 is 59.6 Å². The van der Waals surface area contributed by atoms with Crippen LogP contribution in [0.25, 0.3) is 45.8 Å². The first kappa shape index (κ1) is 72.8. The normalized spacial score (nSPS) is 15.9. The van der Waals surface area contributed by atoms with Gasteiger partial charge in [0.05, 0.1) is 5.56 Å². The standard InChI is InChI=1S/C19H13F4N3O3.2C18H13ClFN3O3.C18H13F2N3O3/c1-8-2-5-12(28-8)15-14-16(26-18(24)25-15)13(29-17(14)27)6-9-3-4-10(20)7-11(9)19(21,22)23;1-8-2-5-12(25-8)15-14-16(23-18(21)22-15)13(26-17(14)24)7-9-6-10(19)3-4-11(9)20;1-8-5-6-12(25-8)15-14-16(23-18(21)22-15)13(26-17(14)24)7-9-10(19)3-2-4-11(9)20;1-8-2-5-12(25-8)15-14-16(23-18(21)22-15)13(26-17(14)24)7-9-6-10(19)3-4-11(9)20/h2-5,7,13H,6H2,1H3,(H2,24,25,26);3*2-6,13H,7H2,1H3,(H2,21,22,23). The van der Waals surface area contributed by atoms with Crippen LogP contribution >= 0.6 is 23.2 Å². The minimum absolute atomic E-state index is 0.0192. The topological polar surface area (TPSA) is 365 Å². The average Bonchev–Trinajstić information content (AvgIpc) is 1.64. The fourth-order valence-electron chi connectivity index (χ4n) is 12.1. The third-order valence-electron chi connectivity index (χ3n) is 16.8. The van der Waals surface area contributed by atoms with E-state index < -0.39 is 89.1 Å². The van der Waals surface area contributed by atoms with Crippen molar-refractivity contribution in [3.8, 4) is 45.8 Å². The van der Waals surface area contributed by atoms with Gasteiger partial charge in [-0.15, -0.1) is 0 Å². The zero-order chi connectivity index (χ0) is 76.2. The first-order chi connectivity index (χ1) is 50.9. The number of alkyl halides is 3. The number of nitrogens with two attached hydrogens (primary N) is 4. The third kappa shape index (κ3) is 15.2. The van der Waals surface area contributed by atoms with Gasteiger partial charge in [-0.3, -0.25) is 0 Å². The van der Waals surface area contributed by atoms with Gasteiger partial charge in [-0.05, 0) is 154 Å². The van der Waals surface area contributed by atoms with E-state index in [0.29, 0.717) is 68.4 Å². The van der Waals surface area contributed by atoms with E-state index in [4.69, 9.17) is 82.8 Å². The molecule has 12 heterocycles.